The third kappa shape index (κ3) is 9.78. The standard InChI is InChI=1S/C23H21F3N2O4S.C13H14ClF3N2O4S/c1-32-20-10-9-17(33(30,31)21-8-4-6-16-5-2-3-7-18(16)21)15-19(20)27-11-13-28(14-12-27)22(29)23(24,25)26;1-23-11-3-2-9(24(14,21)22)8-10(11)18-4-6-19(7-5-18)12(20)13(15,16)17/h2-10,15H,11-14H2,1H3;2-3,8H,4-7H2,1H3. The number of methoxy groups -OCH3 is 2. The number of amides is 2. The molecule has 2 heterocycles. The van der Waals surface area contributed by atoms with E-state index < -0.39 is 43.1 Å². The molecule has 0 N–H and O–H groups in total. The smallest absolute Gasteiger partial charge is 0.471 e. The number of halogens is 7. The minimum atomic E-state index is -4.92. The molecule has 308 valence electrons. The number of hydrogen-bond acceptors (Lipinski definition) is 10. The molecule has 0 radical (unpaired) electrons. The summed E-state index contributed by atoms with van der Waals surface area (Å²) in [6, 6.07) is 20.6. The molecule has 6 rings (SSSR count). The summed E-state index contributed by atoms with van der Waals surface area (Å²) < 4.78 is 136. The summed E-state index contributed by atoms with van der Waals surface area (Å²) in [5, 5.41) is 1.38. The highest BCUT2D eigenvalue weighted by atomic mass is 35.7. The van der Waals surface area contributed by atoms with Crippen molar-refractivity contribution in [3.05, 3.63) is 78.9 Å². The second-order valence-corrected chi connectivity index (χ2v) is 17.1. The van der Waals surface area contributed by atoms with Gasteiger partial charge in [0.15, 0.2) is 0 Å². The van der Waals surface area contributed by atoms with Gasteiger partial charge in [0, 0.05) is 68.4 Å². The maximum atomic E-state index is 13.5. The first-order valence-corrected chi connectivity index (χ1v) is 20.7. The Hall–Kier alpha value is -4.95. The van der Waals surface area contributed by atoms with Crippen LogP contribution in [0.15, 0.2) is 93.5 Å². The molecule has 0 aromatic heterocycles. The van der Waals surface area contributed by atoms with Crippen LogP contribution in [0.1, 0.15) is 0 Å². The van der Waals surface area contributed by atoms with E-state index in [0.717, 1.165) is 10.3 Å². The Labute approximate surface area is 328 Å². The van der Waals surface area contributed by atoms with Gasteiger partial charge >= 0.3 is 24.2 Å². The first-order valence-electron chi connectivity index (χ1n) is 16.9. The Bertz CT molecular complexity index is 2340. The highest BCUT2D eigenvalue weighted by Crippen LogP contribution is 2.36. The van der Waals surface area contributed by atoms with Gasteiger partial charge in [0.05, 0.1) is 40.3 Å². The largest absolute Gasteiger partial charge is 0.495 e. The van der Waals surface area contributed by atoms with Crippen LogP contribution in [0, 0.1) is 0 Å². The summed E-state index contributed by atoms with van der Waals surface area (Å²) in [4.78, 5) is 27.6. The number of sulfone groups is 1. The van der Waals surface area contributed by atoms with E-state index in [1.165, 1.54) is 50.6 Å². The Morgan fingerprint density at radius 2 is 1.02 bits per heavy atom. The van der Waals surface area contributed by atoms with Crippen LogP contribution in [0.3, 0.4) is 0 Å². The predicted octanol–water partition coefficient (Wildman–Crippen LogP) is 5.73. The number of carbonyl (C=O) groups excluding carboxylic acids is 2. The van der Waals surface area contributed by atoms with Gasteiger partial charge in [-0.05, 0) is 47.9 Å². The van der Waals surface area contributed by atoms with E-state index in [1.54, 1.807) is 34.1 Å². The van der Waals surface area contributed by atoms with Crippen molar-refractivity contribution in [3.8, 4) is 11.5 Å². The maximum Gasteiger partial charge on any atom is 0.471 e. The lowest BCUT2D eigenvalue weighted by atomic mass is 10.1. The Balaban J connectivity index is 0.000000230. The van der Waals surface area contributed by atoms with Crippen molar-refractivity contribution in [1.29, 1.82) is 0 Å². The number of hydrogen-bond donors (Lipinski definition) is 0. The zero-order chi connectivity index (χ0) is 41.9. The first-order chi connectivity index (χ1) is 26.7. The molecule has 2 amide bonds. The van der Waals surface area contributed by atoms with E-state index in [4.69, 9.17) is 20.2 Å². The molecule has 0 atom stereocenters. The van der Waals surface area contributed by atoms with Crippen LogP contribution >= 0.6 is 10.7 Å². The molecule has 2 saturated heterocycles. The highest BCUT2D eigenvalue weighted by molar-refractivity contribution is 8.13. The fraction of sp³-hybridized carbons (Fsp3) is 0.333. The summed E-state index contributed by atoms with van der Waals surface area (Å²) in [6.07, 6.45) is -9.83. The van der Waals surface area contributed by atoms with Crippen molar-refractivity contribution in [3.63, 3.8) is 0 Å². The average Bonchev–Trinajstić information content (AvgIpc) is 3.18. The number of anilines is 2. The lowest BCUT2D eigenvalue weighted by molar-refractivity contribution is -0.185. The number of rotatable bonds is 7. The fourth-order valence-corrected chi connectivity index (χ4v) is 8.64. The van der Waals surface area contributed by atoms with Crippen LogP contribution in [0.25, 0.3) is 10.8 Å². The topological polar surface area (TPSA) is 134 Å². The van der Waals surface area contributed by atoms with Gasteiger partial charge < -0.3 is 29.1 Å². The molecule has 2 aliphatic heterocycles. The number of ether oxygens (including phenoxy) is 2. The average molecular weight is 865 g/mol. The van der Waals surface area contributed by atoms with Crippen molar-refractivity contribution in [2.45, 2.75) is 27.0 Å². The molecule has 0 spiro atoms. The summed E-state index contributed by atoms with van der Waals surface area (Å²) in [5.41, 5.74) is 0.830. The van der Waals surface area contributed by atoms with Crippen LogP contribution in [0.5, 0.6) is 11.5 Å². The zero-order valence-electron chi connectivity index (χ0n) is 30.2. The van der Waals surface area contributed by atoms with Crippen LogP contribution in [0.2, 0.25) is 0 Å². The van der Waals surface area contributed by atoms with E-state index in [1.807, 2.05) is 18.2 Å². The Morgan fingerprint density at radius 3 is 1.46 bits per heavy atom. The van der Waals surface area contributed by atoms with Crippen LogP contribution in [0.4, 0.5) is 37.7 Å². The predicted molar refractivity (Wildman–Crippen MR) is 198 cm³/mol. The summed E-state index contributed by atoms with van der Waals surface area (Å²) in [6.45, 7) is -0.137. The van der Waals surface area contributed by atoms with Crippen molar-refractivity contribution in [2.75, 3.05) is 76.4 Å². The molecule has 2 aliphatic rings. The SMILES string of the molecule is COc1ccc(S(=O)(=O)Cl)cc1N1CCN(C(=O)C(F)(F)F)CC1.COc1ccc(S(=O)(=O)c2cccc3ccccc23)cc1N1CCN(C(=O)C(F)(F)F)CC1. The Morgan fingerprint density at radius 1 is 0.596 bits per heavy atom. The van der Waals surface area contributed by atoms with Gasteiger partial charge in [0.1, 0.15) is 11.5 Å². The molecule has 0 bridgehead atoms. The van der Waals surface area contributed by atoms with E-state index in [-0.39, 0.29) is 67.0 Å². The van der Waals surface area contributed by atoms with Crippen LogP contribution in [-0.2, 0) is 28.5 Å². The molecule has 2 fully saturated rings. The lowest BCUT2D eigenvalue weighted by Gasteiger charge is -2.36. The number of alkyl halides is 6. The van der Waals surface area contributed by atoms with Crippen molar-refractivity contribution < 1.29 is 62.2 Å². The van der Waals surface area contributed by atoms with Gasteiger partial charge in [-0.1, -0.05) is 36.4 Å². The molecule has 57 heavy (non-hydrogen) atoms. The quantitative estimate of drug-likeness (QED) is 0.168. The minimum absolute atomic E-state index is 0.0449. The number of carbonyl (C=O) groups is 2. The Kier molecular flexibility index (Phi) is 12.8. The second kappa shape index (κ2) is 16.9. The number of fused-ring (bicyclic) bond motifs is 1. The zero-order valence-corrected chi connectivity index (χ0v) is 32.6. The van der Waals surface area contributed by atoms with Gasteiger partial charge in [-0.2, -0.15) is 26.3 Å². The van der Waals surface area contributed by atoms with Gasteiger partial charge in [-0.25, -0.2) is 16.8 Å². The van der Waals surface area contributed by atoms with Crippen LogP contribution in [-0.4, -0.2) is 117 Å². The monoisotopic (exact) mass is 864 g/mol. The van der Waals surface area contributed by atoms with Gasteiger partial charge in [-0.15, -0.1) is 0 Å². The van der Waals surface area contributed by atoms with Crippen molar-refractivity contribution in [2.24, 2.45) is 0 Å². The molecular weight excluding hydrogens is 830 g/mol. The molecule has 21 heteroatoms. The van der Waals surface area contributed by atoms with E-state index in [9.17, 15) is 52.8 Å². The molecule has 4 aromatic rings. The third-order valence-corrected chi connectivity index (χ3v) is 12.4. The van der Waals surface area contributed by atoms with Gasteiger partial charge in [0.25, 0.3) is 9.05 Å². The molecular formula is C36H35ClF6N4O8S2. The second-order valence-electron chi connectivity index (χ2n) is 12.6. The van der Waals surface area contributed by atoms with Crippen molar-refractivity contribution >= 4 is 63.5 Å². The molecule has 4 aromatic carbocycles. The molecule has 12 nitrogen and oxygen atoms in total. The number of nitrogens with zero attached hydrogens (tertiary/aromatic N) is 4. The first kappa shape index (κ1) is 43.2. The van der Waals surface area contributed by atoms with Gasteiger partial charge in [0.2, 0.25) is 9.84 Å². The number of benzene rings is 4. The fourth-order valence-electron chi connectivity index (χ4n) is 6.37. The number of piperazine rings is 2. The van der Waals surface area contributed by atoms with E-state index in [2.05, 4.69) is 0 Å². The molecule has 0 unspecified atom stereocenters. The molecule has 0 saturated carbocycles. The maximum absolute atomic E-state index is 13.5. The minimum Gasteiger partial charge on any atom is -0.495 e. The summed E-state index contributed by atoms with van der Waals surface area (Å²) in [7, 11) is 0.286. The highest BCUT2D eigenvalue weighted by Gasteiger charge is 2.44. The third-order valence-electron chi connectivity index (χ3n) is 9.23. The normalized spacial score (nSPS) is 15.5. The van der Waals surface area contributed by atoms with E-state index in [0.29, 0.717) is 33.2 Å². The molecule has 0 aliphatic carbocycles. The van der Waals surface area contributed by atoms with Gasteiger partial charge in [-0.3, -0.25) is 9.59 Å². The van der Waals surface area contributed by atoms with E-state index >= 15 is 0 Å². The lowest BCUT2D eigenvalue weighted by Crippen LogP contribution is -2.52. The summed E-state index contributed by atoms with van der Waals surface area (Å²) in [5.74, 6) is -3.01. The van der Waals surface area contributed by atoms with Crippen LogP contribution < -0.4 is 19.3 Å². The van der Waals surface area contributed by atoms with Crippen molar-refractivity contribution in [1.82, 2.24) is 9.80 Å². The summed E-state index contributed by atoms with van der Waals surface area (Å²) >= 11 is 0.